The molecule has 0 amide bonds. The van der Waals surface area contributed by atoms with Crippen molar-refractivity contribution in [3.8, 4) is 11.5 Å². The van der Waals surface area contributed by atoms with Crippen LogP contribution in [0.3, 0.4) is 0 Å². The third-order valence-electron chi connectivity index (χ3n) is 4.67. The quantitative estimate of drug-likeness (QED) is 0.810. The number of aromatic nitrogens is 1. The van der Waals surface area contributed by atoms with Gasteiger partial charge in [0.2, 0.25) is 0 Å². The van der Waals surface area contributed by atoms with Crippen molar-refractivity contribution < 1.29 is 14.6 Å². The molecule has 0 radical (unpaired) electrons. The summed E-state index contributed by atoms with van der Waals surface area (Å²) in [6.45, 7) is 1.19. The van der Waals surface area contributed by atoms with E-state index >= 15 is 0 Å². The van der Waals surface area contributed by atoms with Crippen LogP contribution in [-0.2, 0) is 13.2 Å². The summed E-state index contributed by atoms with van der Waals surface area (Å²) in [5.74, 6) is 1.44. The van der Waals surface area contributed by atoms with Crippen molar-refractivity contribution in [2.75, 3.05) is 7.11 Å². The highest BCUT2D eigenvalue weighted by Gasteiger charge is 2.22. The van der Waals surface area contributed by atoms with Gasteiger partial charge in [-0.05, 0) is 48.2 Å². The van der Waals surface area contributed by atoms with E-state index in [1.807, 2.05) is 30.3 Å². The molecule has 2 unspecified atom stereocenters. The Morgan fingerprint density at radius 1 is 1.08 bits per heavy atom. The summed E-state index contributed by atoms with van der Waals surface area (Å²) < 4.78 is 11.3. The molecule has 0 aliphatic heterocycles. The SMILES string of the molecule is COc1cc(CNC2CCCCC2O)ccc1OCc1ccncc1. The van der Waals surface area contributed by atoms with Crippen molar-refractivity contribution in [2.45, 2.75) is 51.0 Å². The first-order valence-corrected chi connectivity index (χ1v) is 8.86. The first kappa shape index (κ1) is 17.7. The molecule has 1 aliphatic rings. The second-order valence-electron chi connectivity index (χ2n) is 6.47. The lowest BCUT2D eigenvalue weighted by Gasteiger charge is -2.28. The zero-order valence-electron chi connectivity index (χ0n) is 14.6. The summed E-state index contributed by atoms with van der Waals surface area (Å²) in [6, 6.07) is 10.0. The van der Waals surface area contributed by atoms with Crippen LogP contribution >= 0.6 is 0 Å². The molecule has 1 fully saturated rings. The Balaban J connectivity index is 1.59. The van der Waals surface area contributed by atoms with Crippen LogP contribution in [0.4, 0.5) is 0 Å². The minimum absolute atomic E-state index is 0.183. The van der Waals surface area contributed by atoms with Gasteiger partial charge >= 0.3 is 0 Å². The van der Waals surface area contributed by atoms with Gasteiger partial charge in [-0.15, -0.1) is 0 Å². The van der Waals surface area contributed by atoms with Crippen LogP contribution in [0.25, 0.3) is 0 Å². The van der Waals surface area contributed by atoms with Crippen LogP contribution in [0, 0.1) is 0 Å². The van der Waals surface area contributed by atoms with Gasteiger partial charge in [0.05, 0.1) is 13.2 Å². The van der Waals surface area contributed by atoms with E-state index in [9.17, 15) is 5.11 Å². The summed E-state index contributed by atoms with van der Waals surface area (Å²) in [4.78, 5) is 4.00. The van der Waals surface area contributed by atoms with Crippen molar-refractivity contribution >= 4 is 0 Å². The number of hydrogen-bond donors (Lipinski definition) is 2. The Kier molecular flexibility index (Phi) is 6.25. The molecule has 0 spiro atoms. The number of nitrogens with zero attached hydrogens (tertiary/aromatic N) is 1. The molecule has 1 heterocycles. The minimum atomic E-state index is -0.237. The van der Waals surface area contributed by atoms with Gasteiger partial charge in [-0.2, -0.15) is 0 Å². The van der Waals surface area contributed by atoms with Crippen molar-refractivity contribution in [1.82, 2.24) is 10.3 Å². The Bertz CT molecular complexity index is 663. The normalized spacial score (nSPS) is 20.2. The topological polar surface area (TPSA) is 63.6 Å². The molecule has 0 saturated heterocycles. The molecule has 2 aromatic rings. The average Bonchev–Trinajstić information content (AvgIpc) is 2.67. The van der Waals surface area contributed by atoms with E-state index in [2.05, 4.69) is 10.3 Å². The van der Waals surface area contributed by atoms with Crippen molar-refractivity contribution in [3.63, 3.8) is 0 Å². The lowest BCUT2D eigenvalue weighted by molar-refractivity contribution is 0.0902. The molecule has 1 saturated carbocycles. The van der Waals surface area contributed by atoms with E-state index < -0.39 is 0 Å². The highest BCUT2D eigenvalue weighted by Crippen LogP contribution is 2.29. The largest absolute Gasteiger partial charge is 0.493 e. The second kappa shape index (κ2) is 8.83. The van der Waals surface area contributed by atoms with E-state index in [-0.39, 0.29) is 12.1 Å². The molecule has 1 aromatic carbocycles. The molecule has 3 rings (SSSR count). The fourth-order valence-corrected chi connectivity index (χ4v) is 3.18. The van der Waals surface area contributed by atoms with Gasteiger partial charge in [-0.3, -0.25) is 4.98 Å². The summed E-state index contributed by atoms with van der Waals surface area (Å²) in [5, 5.41) is 13.5. The number of hydrogen-bond acceptors (Lipinski definition) is 5. The highest BCUT2D eigenvalue weighted by molar-refractivity contribution is 5.43. The average molecular weight is 342 g/mol. The second-order valence-corrected chi connectivity index (χ2v) is 6.47. The third kappa shape index (κ3) is 4.94. The van der Waals surface area contributed by atoms with Gasteiger partial charge in [-0.1, -0.05) is 18.9 Å². The molecule has 1 aromatic heterocycles. The van der Waals surface area contributed by atoms with E-state index in [4.69, 9.17) is 9.47 Å². The predicted molar refractivity (Wildman–Crippen MR) is 96.7 cm³/mol. The van der Waals surface area contributed by atoms with Crippen molar-refractivity contribution in [1.29, 1.82) is 0 Å². The fraction of sp³-hybridized carbons (Fsp3) is 0.450. The van der Waals surface area contributed by atoms with Crippen LogP contribution in [0.15, 0.2) is 42.7 Å². The minimum Gasteiger partial charge on any atom is -0.493 e. The standard InChI is InChI=1S/C20H26N2O3/c1-24-20-12-16(13-22-17-4-2-3-5-18(17)23)6-7-19(20)25-14-15-8-10-21-11-9-15/h6-12,17-18,22-23H,2-5,13-14H2,1H3. The van der Waals surface area contributed by atoms with E-state index in [1.165, 1.54) is 6.42 Å². The number of ether oxygens (including phenoxy) is 2. The maximum atomic E-state index is 10.1. The number of aliphatic hydroxyl groups excluding tert-OH is 1. The molecule has 0 bridgehead atoms. The number of nitrogens with one attached hydrogen (secondary N) is 1. The van der Waals surface area contributed by atoms with Gasteiger partial charge in [0.15, 0.2) is 11.5 Å². The number of methoxy groups -OCH3 is 1. The molecular formula is C20H26N2O3. The maximum absolute atomic E-state index is 10.1. The van der Waals surface area contributed by atoms with Crippen LogP contribution in [0.5, 0.6) is 11.5 Å². The molecule has 5 heteroatoms. The Labute approximate surface area is 149 Å². The summed E-state index contributed by atoms with van der Waals surface area (Å²) in [7, 11) is 1.65. The zero-order valence-corrected chi connectivity index (χ0v) is 14.6. The van der Waals surface area contributed by atoms with E-state index in [0.717, 1.165) is 41.9 Å². The Hall–Kier alpha value is -2.11. The van der Waals surface area contributed by atoms with Gasteiger partial charge in [0.25, 0.3) is 0 Å². The van der Waals surface area contributed by atoms with Crippen LogP contribution in [-0.4, -0.2) is 29.3 Å². The van der Waals surface area contributed by atoms with Crippen LogP contribution in [0.1, 0.15) is 36.8 Å². The smallest absolute Gasteiger partial charge is 0.161 e. The number of aliphatic hydroxyl groups is 1. The van der Waals surface area contributed by atoms with Gasteiger partial charge < -0.3 is 19.9 Å². The Morgan fingerprint density at radius 3 is 2.64 bits per heavy atom. The first-order valence-electron chi connectivity index (χ1n) is 8.86. The van der Waals surface area contributed by atoms with Gasteiger partial charge in [0.1, 0.15) is 6.61 Å². The van der Waals surface area contributed by atoms with Gasteiger partial charge in [-0.25, -0.2) is 0 Å². The summed E-state index contributed by atoms with van der Waals surface area (Å²) in [5.41, 5.74) is 2.18. The monoisotopic (exact) mass is 342 g/mol. The fourth-order valence-electron chi connectivity index (χ4n) is 3.18. The maximum Gasteiger partial charge on any atom is 0.161 e. The van der Waals surface area contributed by atoms with Crippen LogP contribution in [0.2, 0.25) is 0 Å². The predicted octanol–water partition coefficient (Wildman–Crippen LogP) is 3.06. The van der Waals surface area contributed by atoms with E-state index in [1.54, 1.807) is 19.5 Å². The molecule has 2 atom stereocenters. The lowest BCUT2D eigenvalue weighted by atomic mass is 9.92. The summed E-state index contributed by atoms with van der Waals surface area (Å²) >= 11 is 0. The molecule has 25 heavy (non-hydrogen) atoms. The first-order chi connectivity index (χ1) is 12.3. The molecular weight excluding hydrogens is 316 g/mol. The van der Waals surface area contributed by atoms with E-state index in [0.29, 0.717) is 13.2 Å². The molecule has 2 N–H and O–H groups in total. The number of pyridine rings is 1. The number of rotatable bonds is 7. The zero-order chi connectivity index (χ0) is 17.5. The van der Waals surface area contributed by atoms with Crippen molar-refractivity contribution in [3.05, 3.63) is 53.9 Å². The molecule has 134 valence electrons. The van der Waals surface area contributed by atoms with Crippen molar-refractivity contribution in [2.24, 2.45) is 0 Å². The Morgan fingerprint density at radius 2 is 1.88 bits per heavy atom. The highest BCUT2D eigenvalue weighted by atomic mass is 16.5. The third-order valence-corrected chi connectivity index (χ3v) is 4.67. The molecule has 5 nitrogen and oxygen atoms in total. The van der Waals surface area contributed by atoms with Gasteiger partial charge in [0, 0.05) is 25.0 Å². The molecule has 1 aliphatic carbocycles. The summed E-state index contributed by atoms with van der Waals surface area (Å²) in [6.07, 6.45) is 7.50. The lowest BCUT2D eigenvalue weighted by Crippen LogP contribution is -2.41. The van der Waals surface area contributed by atoms with Crippen LogP contribution < -0.4 is 14.8 Å². The number of benzene rings is 1.